The number of carbonyl (C=O) groups excluding carboxylic acids is 1. The molecule has 0 radical (unpaired) electrons. The van der Waals surface area contributed by atoms with E-state index in [9.17, 15) is 4.79 Å². The van der Waals surface area contributed by atoms with Gasteiger partial charge in [0.25, 0.3) is 0 Å². The van der Waals surface area contributed by atoms with Gasteiger partial charge in [0.05, 0.1) is 0 Å². The van der Waals surface area contributed by atoms with E-state index in [1.807, 2.05) is 31.2 Å². The lowest BCUT2D eigenvalue weighted by molar-refractivity contribution is 0.0981. The third kappa shape index (κ3) is 3.72. The van der Waals surface area contributed by atoms with Crippen LogP contribution in [0.3, 0.4) is 0 Å². The number of carbonyl (C=O) groups is 1. The van der Waals surface area contributed by atoms with Gasteiger partial charge in [0.1, 0.15) is 0 Å². The fraction of sp³-hybridized carbons (Fsp3) is 0.227. The molecule has 0 aliphatic rings. The Labute approximate surface area is 143 Å². The Hall–Kier alpha value is -2.45. The maximum atomic E-state index is 12.3. The van der Waals surface area contributed by atoms with Crippen LogP contribution in [0.1, 0.15) is 40.9 Å². The van der Waals surface area contributed by atoms with Crippen LogP contribution in [-0.2, 0) is 0 Å². The van der Waals surface area contributed by atoms with Crippen LogP contribution in [0.25, 0.3) is 10.8 Å². The normalized spacial score (nSPS) is 12.2. The van der Waals surface area contributed by atoms with Gasteiger partial charge in [-0.15, -0.1) is 0 Å². The minimum atomic E-state index is 0.191. The number of rotatable bonds is 6. The summed E-state index contributed by atoms with van der Waals surface area (Å²) in [5.41, 5.74) is 3.20. The summed E-state index contributed by atoms with van der Waals surface area (Å²) in [5.74, 6) is 0.191. The number of fused-ring (bicyclic) bond motifs is 1. The van der Waals surface area contributed by atoms with Crippen LogP contribution in [-0.4, -0.2) is 12.3 Å². The first-order valence-electron chi connectivity index (χ1n) is 8.46. The number of aryl methyl sites for hydroxylation is 1. The zero-order chi connectivity index (χ0) is 16.9. The van der Waals surface area contributed by atoms with E-state index in [0.29, 0.717) is 13.0 Å². The molecule has 0 heterocycles. The standard InChI is InChI=1S/C22H23NO/c1-16-7-5-10-19(15-16)22(24)13-14-23-17(2)20-12-6-9-18-8-3-4-11-21(18)20/h3-12,15,17,23H,13-14H2,1-2H3/t17-/m1/s1. The number of hydrogen-bond acceptors (Lipinski definition) is 2. The zero-order valence-electron chi connectivity index (χ0n) is 14.3. The Morgan fingerprint density at radius 3 is 2.58 bits per heavy atom. The van der Waals surface area contributed by atoms with Gasteiger partial charge in [-0.1, -0.05) is 66.2 Å². The van der Waals surface area contributed by atoms with Crippen molar-refractivity contribution in [2.75, 3.05) is 6.54 Å². The molecule has 122 valence electrons. The smallest absolute Gasteiger partial charge is 0.164 e. The van der Waals surface area contributed by atoms with Gasteiger partial charge < -0.3 is 5.32 Å². The molecule has 3 aromatic carbocycles. The average Bonchev–Trinajstić information content (AvgIpc) is 2.61. The van der Waals surface area contributed by atoms with Crippen LogP contribution in [0, 0.1) is 6.92 Å². The van der Waals surface area contributed by atoms with E-state index in [-0.39, 0.29) is 11.8 Å². The predicted octanol–water partition coefficient (Wildman–Crippen LogP) is 5.07. The van der Waals surface area contributed by atoms with Crippen LogP contribution in [0.5, 0.6) is 0 Å². The van der Waals surface area contributed by atoms with Crippen molar-refractivity contribution in [1.29, 1.82) is 0 Å². The van der Waals surface area contributed by atoms with Gasteiger partial charge in [0.2, 0.25) is 0 Å². The molecule has 2 heteroatoms. The third-order valence-corrected chi connectivity index (χ3v) is 4.43. The topological polar surface area (TPSA) is 29.1 Å². The van der Waals surface area contributed by atoms with Crippen LogP contribution in [0.4, 0.5) is 0 Å². The minimum Gasteiger partial charge on any atom is -0.310 e. The fourth-order valence-electron chi connectivity index (χ4n) is 3.10. The third-order valence-electron chi connectivity index (χ3n) is 4.43. The lowest BCUT2D eigenvalue weighted by Crippen LogP contribution is -2.22. The van der Waals surface area contributed by atoms with E-state index in [4.69, 9.17) is 0 Å². The molecule has 0 fully saturated rings. The highest BCUT2D eigenvalue weighted by molar-refractivity contribution is 5.96. The molecule has 1 N–H and O–H groups in total. The second kappa shape index (κ2) is 7.41. The molecule has 0 unspecified atom stereocenters. The molecular weight excluding hydrogens is 294 g/mol. The molecule has 3 aromatic rings. The SMILES string of the molecule is Cc1cccc(C(=O)CCN[C@H](C)c2cccc3ccccc23)c1. The molecular formula is C22H23NO. The quantitative estimate of drug-likeness (QED) is 0.643. The summed E-state index contributed by atoms with van der Waals surface area (Å²) in [6.07, 6.45) is 0.512. The van der Waals surface area contributed by atoms with E-state index in [1.54, 1.807) is 0 Å². The first-order chi connectivity index (χ1) is 11.6. The lowest BCUT2D eigenvalue weighted by Gasteiger charge is -2.16. The van der Waals surface area contributed by atoms with Crippen molar-refractivity contribution in [3.8, 4) is 0 Å². The summed E-state index contributed by atoms with van der Waals surface area (Å²) in [4.78, 5) is 12.3. The second-order valence-corrected chi connectivity index (χ2v) is 6.29. The molecule has 0 aromatic heterocycles. The molecule has 0 bridgehead atoms. The van der Waals surface area contributed by atoms with Crippen molar-refractivity contribution in [2.24, 2.45) is 0 Å². The Morgan fingerprint density at radius 2 is 1.75 bits per heavy atom. The zero-order valence-corrected chi connectivity index (χ0v) is 14.3. The molecule has 24 heavy (non-hydrogen) atoms. The van der Waals surface area contributed by atoms with E-state index < -0.39 is 0 Å². The molecule has 0 aliphatic carbocycles. The highest BCUT2D eigenvalue weighted by Gasteiger charge is 2.10. The van der Waals surface area contributed by atoms with Crippen molar-refractivity contribution in [3.63, 3.8) is 0 Å². The van der Waals surface area contributed by atoms with Crippen molar-refractivity contribution >= 4 is 16.6 Å². The van der Waals surface area contributed by atoms with E-state index in [1.165, 1.54) is 16.3 Å². The van der Waals surface area contributed by atoms with Gasteiger partial charge in [-0.2, -0.15) is 0 Å². The van der Waals surface area contributed by atoms with E-state index in [2.05, 4.69) is 54.7 Å². The summed E-state index contributed by atoms with van der Waals surface area (Å²) in [6.45, 7) is 4.84. The van der Waals surface area contributed by atoms with E-state index >= 15 is 0 Å². The summed E-state index contributed by atoms with van der Waals surface area (Å²) >= 11 is 0. The maximum absolute atomic E-state index is 12.3. The number of nitrogens with one attached hydrogen (secondary N) is 1. The minimum absolute atomic E-state index is 0.191. The van der Waals surface area contributed by atoms with Gasteiger partial charge in [-0.05, 0) is 36.2 Å². The molecule has 0 saturated heterocycles. The van der Waals surface area contributed by atoms with Gasteiger partial charge in [0.15, 0.2) is 5.78 Å². The van der Waals surface area contributed by atoms with Crippen molar-refractivity contribution < 1.29 is 4.79 Å². The number of Topliss-reactive ketones (excluding diaryl/α,β-unsaturated/α-hetero) is 1. The largest absolute Gasteiger partial charge is 0.310 e. The van der Waals surface area contributed by atoms with Gasteiger partial charge in [0, 0.05) is 24.6 Å². The Morgan fingerprint density at radius 1 is 1.00 bits per heavy atom. The predicted molar refractivity (Wildman–Crippen MR) is 100 cm³/mol. The molecule has 2 nitrogen and oxygen atoms in total. The summed E-state index contributed by atoms with van der Waals surface area (Å²) in [7, 11) is 0. The van der Waals surface area contributed by atoms with Crippen molar-refractivity contribution in [1.82, 2.24) is 5.32 Å². The molecule has 0 amide bonds. The monoisotopic (exact) mass is 317 g/mol. The van der Waals surface area contributed by atoms with Crippen LogP contribution >= 0.6 is 0 Å². The van der Waals surface area contributed by atoms with Crippen LogP contribution in [0.15, 0.2) is 66.7 Å². The molecule has 0 saturated carbocycles. The first kappa shape index (κ1) is 16.4. The van der Waals surface area contributed by atoms with Crippen LogP contribution < -0.4 is 5.32 Å². The Balaban J connectivity index is 1.63. The summed E-state index contributed by atoms with van der Waals surface area (Å²) < 4.78 is 0. The molecule has 0 spiro atoms. The average molecular weight is 317 g/mol. The maximum Gasteiger partial charge on any atom is 0.164 e. The highest BCUT2D eigenvalue weighted by Crippen LogP contribution is 2.24. The van der Waals surface area contributed by atoms with Crippen molar-refractivity contribution in [2.45, 2.75) is 26.3 Å². The summed E-state index contributed by atoms with van der Waals surface area (Å²) in [6, 6.07) is 22.8. The number of ketones is 1. The fourth-order valence-corrected chi connectivity index (χ4v) is 3.10. The van der Waals surface area contributed by atoms with Crippen molar-refractivity contribution in [3.05, 3.63) is 83.4 Å². The first-order valence-corrected chi connectivity index (χ1v) is 8.46. The second-order valence-electron chi connectivity index (χ2n) is 6.29. The van der Waals surface area contributed by atoms with Gasteiger partial charge in [-0.25, -0.2) is 0 Å². The Kier molecular flexibility index (Phi) is 5.07. The van der Waals surface area contributed by atoms with Gasteiger partial charge >= 0.3 is 0 Å². The lowest BCUT2D eigenvalue weighted by atomic mass is 9.99. The number of hydrogen-bond donors (Lipinski definition) is 1. The molecule has 0 aliphatic heterocycles. The Bertz CT molecular complexity index is 848. The van der Waals surface area contributed by atoms with E-state index in [0.717, 1.165) is 11.1 Å². The number of benzene rings is 3. The molecule has 3 rings (SSSR count). The molecule has 1 atom stereocenters. The highest BCUT2D eigenvalue weighted by atomic mass is 16.1. The van der Waals surface area contributed by atoms with Crippen LogP contribution in [0.2, 0.25) is 0 Å². The summed E-state index contributed by atoms with van der Waals surface area (Å²) in [5, 5.41) is 6.00. The van der Waals surface area contributed by atoms with Gasteiger partial charge in [-0.3, -0.25) is 4.79 Å².